The summed E-state index contributed by atoms with van der Waals surface area (Å²) in [6.45, 7) is 0.220. The third-order valence-corrected chi connectivity index (χ3v) is 3.97. The molecule has 3 aromatic carbocycles. The van der Waals surface area contributed by atoms with Gasteiger partial charge in [0.05, 0.1) is 11.6 Å². The second-order valence-corrected chi connectivity index (χ2v) is 5.91. The molecule has 0 spiro atoms. The van der Waals surface area contributed by atoms with Crippen LogP contribution in [0.15, 0.2) is 72.8 Å². The van der Waals surface area contributed by atoms with Crippen molar-refractivity contribution in [1.29, 1.82) is 5.26 Å². The van der Waals surface area contributed by atoms with Crippen molar-refractivity contribution < 1.29 is 13.9 Å². The van der Waals surface area contributed by atoms with Gasteiger partial charge in [-0.3, -0.25) is 4.79 Å². The third kappa shape index (κ3) is 5.16. The van der Waals surface area contributed by atoms with Crippen LogP contribution in [-0.4, -0.2) is 12.5 Å². The van der Waals surface area contributed by atoms with Crippen LogP contribution in [-0.2, 0) is 11.3 Å². The van der Waals surface area contributed by atoms with Gasteiger partial charge >= 0.3 is 0 Å². The number of nitrogens with zero attached hydrogens (tertiary/aromatic N) is 1. The van der Waals surface area contributed by atoms with E-state index in [4.69, 9.17) is 10.00 Å². The molecule has 0 fully saturated rings. The van der Waals surface area contributed by atoms with Gasteiger partial charge in [0, 0.05) is 6.54 Å². The van der Waals surface area contributed by atoms with E-state index in [0.717, 1.165) is 16.7 Å². The molecule has 0 radical (unpaired) electrons. The number of rotatable bonds is 6. The lowest BCUT2D eigenvalue weighted by molar-refractivity contribution is -0.123. The summed E-state index contributed by atoms with van der Waals surface area (Å²) in [5.41, 5.74) is 3.42. The summed E-state index contributed by atoms with van der Waals surface area (Å²) in [5, 5.41) is 11.6. The first-order valence-corrected chi connectivity index (χ1v) is 8.38. The number of nitriles is 1. The van der Waals surface area contributed by atoms with Gasteiger partial charge in [-0.15, -0.1) is 0 Å². The van der Waals surface area contributed by atoms with Crippen LogP contribution in [0.4, 0.5) is 4.39 Å². The first-order chi connectivity index (χ1) is 13.1. The lowest BCUT2D eigenvalue weighted by Crippen LogP contribution is -2.28. The molecule has 0 aromatic heterocycles. The zero-order chi connectivity index (χ0) is 19.1. The van der Waals surface area contributed by atoms with Gasteiger partial charge < -0.3 is 10.1 Å². The van der Waals surface area contributed by atoms with Gasteiger partial charge in [-0.2, -0.15) is 5.26 Å². The van der Waals surface area contributed by atoms with Gasteiger partial charge in [0.15, 0.2) is 6.61 Å². The van der Waals surface area contributed by atoms with Crippen molar-refractivity contribution in [3.05, 3.63) is 89.7 Å². The molecule has 0 saturated heterocycles. The number of carbonyl (C=O) groups excluding carboxylic acids is 1. The number of carbonyl (C=O) groups is 1. The molecule has 27 heavy (non-hydrogen) atoms. The fourth-order valence-corrected chi connectivity index (χ4v) is 2.48. The predicted molar refractivity (Wildman–Crippen MR) is 100 cm³/mol. The average molecular weight is 360 g/mol. The number of halogens is 1. The Morgan fingerprint density at radius 3 is 2.11 bits per heavy atom. The molecular formula is C22H17FN2O2. The Bertz CT molecular complexity index is 944. The molecule has 1 N–H and O–H groups in total. The first-order valence-electron chi connectivity index (χ1n) is 8.38. The highest BCUT2D eigenvalue weighted by atomic mass is 19.1. The quantitative estimate of drug-likeness (QED) is 0.721. The standard InChI is InChI=1S/C22H17FN2O2/c23-20-9-3-17(4-10-20)14-25-22(26)15-27-21-11-7-19(8-12-21)18-5-1-16(13-24)2-6-18/h1-12H,14-15H2,(H,25,26). The topological polar surface area (TPSA) is 62.1 Å². The molecule has 0 unspecified atom stereocenters. The van der Waals surface area contributed by atoms with Crippen molar-refractivity contribution in [3.8, 4) is 22.9 Å². The van der Waals surface area contributed by atoms with E-state index in [1.54, 1.807) is 36.4 Å². The number of amides is 1. The number of hydrogen-bond donors (Lipinski definition) is 1. The minimum atomic E-state index is -0.308. The minimum Gasteiger partial charge on any atom is -0.484 e. The fourth-order valence-electron chi connectivity index (χ4n) is 2.48. The Morgan fingerprint density at radius 2 is 1.52 bits per heavy atom. The summed E-state index contributed by atoms with van der Waals surface area (Å²) in [5.74, 6) is 0.0256. The molecular weight excluding hydrogens is 343 g/mol. The second-order valence-electron chi connectivity index (χ2n) is 5.91. The summed E-state index contributed by atoms with van der Waals surface area (Å²) in [6, 6.07) is 22.7. The van der Waals surface area contributed by atoms with E-state index in [-0.39, 0.29) is 18.3 Å². The molecule has 3 aromatic rings. The Hall–Kier alpha value is -3.65. The molecule has 3 rings (SSSR count). The Labute approximate surface area is 156 Å². The molecule has 0 aliphatic carbocycles. The Kier molecular flexibility index (Phi) is 5.80. The number of benzene rings is 3. The second kappa shape index (κ2) is 8.63. The van der Waals surface area contributed by atoms with E-state index in [2.05, 4.69) is 11.4 Å². The molecule has 0 bridgehead atoms. The molecule has 0 aliphatic heterocycles. The van der Waals surface area contributed by atoms with Crippen LogP contribution in [0.2, 0.25) is 0 Å². The lowest BCUT2D eigenvalue weighted by Gasteiger charge is -2.09. The maximum Gasteiger partial charge on any atom is 0.258 e. The Morgan fingerprint density at radius 1 is 0.926 bits per heavy atom. The monoisotopic (exact) mass is 360 g/mol. The van der Waals surface area contributed by atoms with Crippen LogP contribution in [0, 0.1) is 17.1 Å². The van der Waals surface area contributed by atoms with Crippen molar-refractivity contribution in [2.75, 3.05) is 6.61 Å². The van der Waals surface area contributed by atoms with Crippen molar-refractivity contribution in [2.24, 2.45) is 0 Å². The Balaban J connectivity index is 1.49. The highest BCUT2D eigenvalue weighted by Crippen LogP contribution is 2.22. The number of hydrogen-bond acceptors (Lipinski definition) is 3. The molecule has 0 saturated carbocycles. The maximum atomic E-state index is 12.8. The lowest BCUT2D eigenvalue weighted by atomic mass is 10.0. The van der Waals surface area contributed by atoms with E-state index in [9.17, 15) is 9.18 Å². The van der Waals surface area contributed by atoms with Gasteiger partial charge in [-0.25, -0.2) is 4.39 Å². The zero-order valence-electron chi connectivity index (χ0n) is 14.5. The zero-order valence-corrected chi connectivity index (χ0v) is 14.5. The van der Waals surface area contributed by atoms with E-state index in [0.29, 0.717) is 17.9 Å². The minimum absolute atomic E-state index is 0.0998. The van der Waals surface area contributed by atoms with Crippen LogP contribution in [0.25, 0.3) is 11.1 Å². The smallest absolute Gasteiger partial charge is 0.258 e. The van der Waals surface area contributed by atoms with Crippen LogP contribution in [0.1, 0.15) is 11.1 Å². The van der Waals surface area contributed by atoms with E-state index in [1.807, 2.05) is 24.3 Å². The number of ether oxygens (including phenoxy) is 1. The van der Waals surface area contributed by atoms with Crippen molar-refractivity contribution in [3.63, 3.8) is 0 Å². The van der Waals surface area contributed by atoms with E-state index < -0.39 is 0 Å². The largest absolute Gasteiger partial charge is 0.484 e. The summed E-state index contributed by atoms with van der Waals surface area (Å²) in [6.07, 6.45) is 0. The van der Waals surface area contributed by atoms with Crippen LogP contribution in [0.5, 0.6) is 5.75 Å². The maximum absolute atomic E-state index is 12.8. The van der Waals surface area contributed by atoms with E-state index >= 15 is 0 Å². The molecule has 134 valence electrons. The average Bonchev–Trinajstić information content (AvgIpc) is 2.72. The summed E-state index contributed by atoms with van der Waals surface area (Å²) in [4.78, 5) is 11.9. The third-order valence-electron chi connectivity index (χ3n) is 3.97. The van der Waals surface area contributed by atoms with Gasteiger partial charge in [-0.1, -0.05) is 36.4 Å². The van der Waals surface area contributed by atoms with Crippen LogP contribution >= 0.6 is 0 Å². The van der Waals surface area contributed by atoms with Gasteiger partial charge in [0.25, 0.3) is 5.91 Å². The van der Waals surface area contributed by atoms with Crippen molar-refractivity contribution in [2.45, 2.75) is 6.54 Å². The van der Waals surface area contributed by atoms with Crippen LogP contribution in [0.3, 0.4) is 0 Å². The first kappa shape index (κ1) is 18.2. The summed E-state index contributed by atoms with van der Waals surface area (Å²) < 4.78 is 18.3. The van der Waals surface area contributed by atoms with Gasteiger partial charge in [0.1, 0.15) is 11.6 Å². The normalized spacial score (nSPS) is 10.1. The molecule has 5 heteroatoms. The molecule has 0 aliphatic rings. The molecule has 4 nitrogen and oxygen atoms in total. The van der Waals surface area contributed by atoms with Crippen molar-refractivity contribution in [1.82, 2.24) is 5.32 Å². The molecule has 0 atom stereocenters. The highest BCUT2D eigenvalue weighted by molar-refractivity contribution is 5.77. The summed E-state index contributed by atoms with van der Waals surface area (Å²) in [7, 11) is 0. The summed E-state index contributed by atoms with van der Waals surface area (Å²) >= 11 is 0. The SMILES string of the molecule is N#Cc1ccc(-c2ccc(OCC(=O)NCc3ccc(F)cc3)cc2)cc1. The van der Waals surface area contributed by atoms with Gasteiger partial charge in [-0.05, 0) is 53.1 Å². The highest BCUT2D eigenvalue weighted by Gasteiger charge is 2.04. The van der Waals surface area contributed by atoms with Gasteiger partial charge in [0.2, 0.25) is 0 Å². The van der Waals surface area contributed by atoms with E-state index in [1.165, 1.54) is 12.1 Å². The fraction of sp³-hybridized carbons (Fsp3) is 0.0909. The number of nitrogens with one attached hydrogen (secondary N) is 1. The molecule has 0 heterocycles. The predicted octanol–water partition coefficient (Wildman–Crippen LogP) is 4.06. The molecule has 1 amide bonds. The van der Waals surface area contributed by atoms with Crippen molar-refractivity contribution >= 4 is 5.91 Å². The van der Waals surface area contributed by atoms with Crippen LogP contribution < -0.4 is 10.1 Å².